The van der Waals surface area contributed by atoms with Crippen molar-refractivity contribution < 1.29 is 19.1 Å². The first-order chi connectivity index (χ1) is 11.5. The van der Waals surface area contributed by atoms with E-state index in [-0.39, 0.29) is 24.1 Å². The summed E-state index contributed by atoms with van der Waals surface area (Å²) in [6, 6.07) is 0.300. The molecule has 2 atom stereocenters. The Morgan fingerprint density at radius 2 is 2.17 bits per heavy atom. The highest BCUT2D eigenvalue weighted by Crippen LogP contribution is 2.34. The Morgan fingerprint density at radius 3 is 2.92 bits per heavy atom. The molecular weight excluding hydrogens is 306 g/mol. The Hall–Kier alpha value is -2.04. The van der Waals surface area contributed by atoms with Gasteiger partial charge >= 0.3 is 12.1 Å². The fraction of sp³-hybridized carbons (Fsp3) is 0.579. The zero-order valence-electron chi connectivity index (χ0n) is 14.2. The summed E-state index contributed by atoms with van der Waals surface area (Å²) in [5.41, 5.74) is 2.86. The molecule has 3 rings (SSSR count). The predicted octanol–water partition coefficient (Wildman–Crippen LogP) is 3.42. The fourth-order valence-corrected chi connectivity index (χ4v) is 3.16. The molecule has 1 aliphatic heterocycles. The lowest BCUT2D eigenvalue weighted by Gasteiger charge is -2.18. The van der Waals surface area contributed by atoms with Gasteiger partial charge in [0, 0.05) is 17.5 Å². The van der Waals surface area contributed by atoms with E-state index in [1.54, 1.807) is 0 Å². The molecule has 5 nitrogen and oxygen atoms in total. The standard InChI is InChI=1S/C19H25NO4/c1-12-4-3-5-14(11-23-19(22)20-15-7-8-15)6-9-16-13(2)18(21)24-17(16)10-12/h5,10,15-17H,2-4,6-9,11H2,1H3,(H,20,22)/t16-,17?/m1/s1. The maximum Gasteiger partial charge on any atom is 0.407 e. The number of ether oxygens (including phenoxy) is 2. The summed E-state index contributed by atoms with van der Waals surface area (Å²) in [4.78, 5) is 23.5. The van der Waals surface area contributed by atoms with E-state index in [0.29, 0.717) is 18.2 Å². The summed E-state index contributed by atoms with van der Waals surface area (Å²) < 4.78 is 10.8. The van der Waals surface area contributed by atoms with Gasteiger partial charge in [-0.3, -0.25) is 0 Å². The lowest BCUT2D eigenvalue weighted by atomic mass is 9.88. The van der Waals surface area contributed by atoms with Crippen molar-refractivity contribution in [3.63, 3.8) is 0 Å². The van der Waals surface area contributed by atoms with E-state index in [4.69, 9.17) is 9.47 Å². The van der Waals surface area contributed by atoms with Crippen molar-refractivity contribution in [2.75, 3.05) is 6.61 Å². The summed E-state index contributed by atoms with van der Waals surface area (Å²) in [6.45, 7) is 6.25. The molecule has 0 radical (unpaired) electrons. The third-order valence-corrected chi connectivity index (χ3v) is 4.83. The first-order valence-electron chi connectivity index (χ1n) is 8.71. The molecule has 1 N–H and O–H groups in total. The number of fused-ring (bicyclic) bond motifs is 1. The smallest absolute Gasteiger partial charge is 0.407 e. The SMILES string of the molecule is C=C1C(=O)OC2C=C(C)CCC=C(COC(=O)NC3CC3)CC[C@H]12. The summed E-state index contributed by atoms with van der Waals surface area (Å²) in [7, 11) is 0. The fourth-order valence-electron chi connectivity index (χ4n) is 3.16. The van der Waals surface area contributed by atoms with Crippen LogP contribution < -0.4 is 5.32 Å². The van der Waals surface area contributed by atoms with Crippen LogP contribution in [0, 0.1) is 5.92 Å². The molecule has 24 heavy (non-hydrogen) atoms. The van der Waals surface area contributed by atoms with Crippen molar-refractivity contribution in [1.82, 2.24) is 5.32 Å². The lowest BCUT2D eigenvalue weighted by molar-refractivity contribution is -0.137. The van der Waals surface area contributed by atoms with Crippen LogP contribution in [0.25, 0.3) is 0 Å². The van der Waals surface area contributed by atoms with E-state index in [2.05, 4.69) is 31.0 Å². The number of hydrogen-bond donors (Lipinski definition) is 1. The first kappa shape index (κ1) is 16.8. The van der Waals surface area contributed by atoms with Gasteiger partial charge in [-0.1, -0.05) is 18.2 Å². The summed E-state index contributed by atoms with van der Waals surface area (Å²) in [5, 5.41) is 2.82. The topological polar surface area (TPSA) is 64.6 Å². The van der Waals surface area contributed by atoms with Gasteiger partial charge in [-0.2, -0.15) is 0 Å². The zero-order chi connectivity index (χ0) is 17.1. The van der Waals surface area contributed by atoms with Gasteiger partial charge in [0.05, 0.1) is 0 Å². The van der Waals surface area contributed by atoms with Gasteiger partial charge in [0.1, 0.15) is 12.7 Å². The van der Waals surface area contributed by atoms with Crippen LogP contribution in [0.15, 0.2) is 35.5 Å². The van der Waals surface area contributed by atoms with Crippen molar-refractivity contribution in [2.24, 2.45) is 5.92 Å². The predicted molar refractivity (Wildman–Crippen MR) is 90.3 cm³/mol. The highest BCUT2D eigenvalue weighted by atomic mass is 16.6. The number of carbonyl (C=O) groups excluding carboxylic acids is 2. The quantitative estimate of drug-likeness (QED) is 0.489. The number of allylic oxidation sites excluding steroid dienone is 2. The molecular formula is C19H25NO4. The number of nitrogens with one attached hydrogen (secondary N) is 1. The molecule has 1 unspecified atom stereocenters. The first-order valence-corrected chi connectivity index (χ1v) is 8.71. The number of amides is 1. The molecule has 1 amide bonds. The number of rotatable bonds is 3. The third-order valence-electron chi connectivity index (χ3n) is 4.83. The number of hydrogen-bond acceptors (Lipinski definition) is 4. The average Bonchev–Trinajstić information content (AvgIpc) is 3.30. The zero-order valence-corrected chi connectivity index (χ0v) is 14.2. The molecule has 1 saturated carbocycles. The summed E-state index contributed by atoms with van der Waals surface area (Å²) >= 11 is 0. The summed E-state index contributed by atoms with van der Waals surface area (Å²) in [5.74, 6) is -0.284. The van der Waals surface area contributed by atoms with Gasteiger partial charge in [-0.05, 0) is 57.1 Å². The monoisotopic (exact) mass is 331 g/mol. The molecule has 0 aromatic rings. The largest absolute Gasteiger partial charge is 0.454 e. The van der Waals surface area contributed by atoms with Gasteiger partial charge in [0.25, 0.3) is 0 Å². The number of esters is 1. The second-order valence-electron chi connectivity index (χ2n) is 6.95. The van der Waals surface area contributed by atoms with Gasteiger partial charge in [-0.15, -0.1) is 0 Å². The van der Waals surface area contributed by atoms with Crippen LogP contribution in [-0.4, -0.2) is 30.8 Å². The molecule has 1 saturated heterocycles. The molecule has 5 heteroatoms. The second-order valence-corrected chi connectivity index (χ2v) is 6.95. The maximum absolute atomic E-state index is 11.8. The lowest BCUT2D eigenvalue weighted by Crippen LogP contribution is -2.27. The van der Waals surface area contributed by atoms with Gasteiger partial charge in [-0.25, -0.2) is 9.59 Å². The molecule has 2 fully saturated rings. The minimum absolute atomic E-state index is 0.00856. The number of carbonyl (C=O) groups is 2. The highest BCUT2D eigenvalue weighted by Gasteiger charge is 2.37. The van der Waals surface area contributed by atoms with Crippen LogP contribution in [0.2, 0.25) is 0 Å². The molecule has 130 valence electrons. The highest BCUT2D eigenvalue weighted by molar-refractivity contribution is 5.91. The van der Waals surface area contributed by atoms with Crippen molar-refractivity contribution >= 4 is 12.1 Å². The Balaban J connectivity index is 1.61. The maximum atomic E-state index is 11.8. The average molecular weight is 331 g/mol. The van der Waals surface area contributed by atoms with Crippen molar-refractivity contribution in [1.29, 1.82) is 0 Å². The Labute approximate surface area is 142 Å². The molecule has 3 aliphatic rings. The van der Waals surface area contributed by atoms with E-state index in [1.165, 1.54) is 5.57 Å². The van der Waals surface area contributed by atoms with E-state index < -0.39 is 0 Å². The van der Waals surface area contributed by atoms with Gasteiger partial charge in [0.15, 0.2) is 0 Å². The van der Waals surface area contributed by atoms with Crippen molar-refractivity contribution in [3.05, 3.63) is 35.5 Å². The molecule has 0 aromatic heterocycles. The second kappa shape index (κ2) is 7.24. The molecule has 0 spiro atoms. The summed E-state index contributed by atoms with van der Waals surface area (Å²) in [6.07, 6.45) is 9.12. The molecule has 2 aliphatic carbocycles. The van der Waals surface area contributed by atoms with Crippen LogP contribution >= 0.6 is 0 Å². The van der Waals surface area contributed by atoms with Crippen LogP contribution in [0.1, 0.15) is 45.4 Å². The van der Waals surface area contributed by atoms with E-state index in [1.807, 2.05) is 0 Å². The minimum atomic E-state index is -0.340. The normalized spacial score (nSPS) is 27.5. The van der Waals surface area contributed by atoms with E-state index >= 15 is 0 Å². The Kier molecular flexibility index (Phi) is 5.07. The molecule has 1 heterocycles. The number of alkyl carbamates (subject to hydrolysis) is 1. The van der Waals surface area contributed by atoms with E-state index in [0.717, 1.165) is 44.1 Å². The third kappa shape index (κ3) is 4.28. The van der Waals surface area contributed by atoms with Crippen LogP contribution in [0.3, 0.4) is 0 Å². The molecule has 0 bridgehead atoms. The van der Waals surface area contributed by atoms with Crippen molar-refractivity contribution in [3.8, 4) is 0 Å². The van der Waals surface area contributed by atoms with Crippen molar-refractivity contribution in [2.45, 2.75) is 57.6 Å². The van der Waals surface area contributed by atoms with Crippen LogP contribution in [0.5, 0.6) is 0 Å². The Morgan fingerprint density at radius 1 is 1.38 bits per heavy atom. The Bertz CT molecular complexity index is 600. The van der Waals surface area contributed by atoms with Gasteiger partial charge < -0.3 is 14.8 Å². The van der Waals surface area contributed by atoms with Gasteiger partial charge in [0.2, 0.25) is 0 Å². The van der Waals surface area contributed by atoms with E-state index in [9.17, 15) is 9.59 Å². The minimum Gasteiger partial charge on any atom is -0.454 e. The van der Waals surface area contributed by atoms with Crippen LogP contribution in [0.4, 0.5) is 4.79 Å². The van der Waals surface area contributed by atoms with Crippen LogP contribution in [-0.2, 0) is 14.3 Å². The molecule has 0 aromatic carbocycles.